The molecule has 0 bridgehead atoms. The van der Waals surface area contributed by atoms with E-state index in [0.29, 0.717) is 11.9 Å². The van der Waals surface area contributed by atoms with Crippen LogP contribution in [0.1, 0.15) is 25.7 Å². The molecule has 6 nitrogen and oxygen atoms in total. The average Bonchev–Trinajstić information content (AvgIpc) is 2.72. The van der Waals surface area contributed by atoms with Crippen LogP contribution in [0, 0.1) is 5.92 Å². The minimum atomic E-state index is -0.374. The molecule has 0 amide bonds. The second-order valence-corrected chi connectivity index (χ2v) is 7.07. The van der Waals surface area contributed by atoms with Gasteiger partial charge in [-0.1, -0.05) is 0 Å². The standard InChI is InChI=1S/C20H30N2O4.ClH/c1-24-20(23)15-26-18-4-2-17(3-5-18)22-12-8-19(9-13-22)25-14-16-6-10-21-11-7-16;/h2-5,16,19,21H,6-15H2,1H3;1H. The molecule has 152 valence electrons. The Morgan fingerprint density at radius 1 is 1.11 bits per heavy atom. The van der Waals surface area contributed by atoms with Crippen LogP contribution in [0.2, 0.25) is 0 Å². The molecule has 0 radical (unpaired) electrons. The fraction of sp³-hybridized carbons (Fsp3) is 0.650. The molecule has 1 aromatic rings. The number of halogens is 1. The van der Waals surface area contributed by atoms with Crippen molar-refractivity contribution < 1.29 is 19.0 Å². The van der Waals surface area contributed by atoms with E-state index in [1.165, 1.54) is 25.6 Å². The van der Waals surface area contributed by atoms with E-state index in [-0.39, 0.29) is 25.0 Å². The van der Waals surface area contributed by atoms with Crippen molar-refractivity contribution in [2.45, 2.75) is 31.8 Å². The highest BCUT2D eigenvalue weighted by atomic mass is 35.5. The van der Waals surface area contributed by atoms with Crippen molar-refractivity contribution in [3.63, 3.8) is 0 Å². The van der Waals surface area contributed by atoms with E-state index < -0.39 is 0 Å². The number of esters is 1. The molecule has 2 heterocycles. The molecule has 7 heteroatoms. The van der Waals surface area contributed by atoms with Crippen molar-refractivity contribution in [1.82, 2.24) is 5.32 Å². The van der Waals surface area contributed by atoms with E-state index in [9.17, 15) is 4.79 Å². The summed E-state index contributed by atoms with van der Waals surface area (Å²) in [6, 6.07) is 7.89. The highest BCUT2D eigenvalue weighted by Gasteiger charge is 2.22. The number of rotatable bonds is 7. The lowest BCUT2D eigenvalue weighted by molar-refractivity contribution is -0.142. The van der Waals surface area contributed by atoms with E-state index in [1.807, 2.05) is 24.3 Å². The zero-order valence-corrected chi connectivity index (χ0v) is 16.8. The van der Waals surface area contributed by atoms with Crippen molar-refractivity contribution in [2.24, 2.45) is 5.92 Å². The van der Waals surface area contributed by atoms with E-state index in [1.54, 1.807) is 0 Å². The van der Waals surface area contributed by atoms with Gasteiger partial charge in [-0.25, -0.2) is 4.79 Å². The number of nitrogens with one attached hydrogen (secondary N) is 1. The first-order chi connectivity index (χ1) is 12.7. The zero-order chi connectivity index (χ0) is 18.2. The Morgan fingerprint density at radius 2 is 1.78 bits per heavy atom. The van der Waals surface area contributed by atoms with Gasteiger partial charge in [-0.3, -0.25) is 0 Å². The Hall–Kier alpha value is -1.50. The smallest absolute Gasteiger partial charge is 0.343 e. The minimum Gasteiger partial charge on any atom is -0.482 e. The maximum absolute atomic E-state index is 11.1. The van der Waals surface area contributed by atoms with Gasteiger partial charge in [-0.15, -0.1) is 12.4 Å². The molecule has 2 aliphatic heterocycles. The number of hydrogen-bond acceptors (Lipinski definition) is 6. The number of methoxy groups -OCH3 is 1. The maximum atomic E-state index is 11.1. The SMILES string of the molecule is COC(=O)COc1ccc(N2CCC(OCC3CCNCC3)CC2)cc1.Cl. The average molecular weight is 399 g/mol. The number of piperidine rings is 2. The Balaban J connectivity index is 0.00000261. The Labute approximate surface area is 167 Å². The third-order valence-corrected chi connectivity index (χ3v) is 5.25. The van der Waals surface area contributed by atoms with Gasteiger partial charge in [-0.05, 0) is 69.0 Å². The van der Waals surface area contributed by atoms with Gasteiger partial charge in [0.05, 0.1) is 13.2 Å². The summed E-state index contributed by atoms with van der Waals surface area (Å²) in [6.45, 7) is 5.14. The fourth-order valence-corrected chi connectivity index (χ4v) is 3.56. The molecule has 0 atom stereocenters. The summed E-state index contributed by atoms with van der Waals surface area (Å²) in [6.07, 6.45) is 5.02. The van der Waals surface area contributed by atoms with Gasteiger partial charge in [0, 0.05) is 25.4 Å². The monoisotopic (exact) mass is 398 g/mol. The maximum Gasteiger partial charge on any atom is 0.343 e. The van der Waals surface area contributed by atoms with Crippen LogP contribution < -0.4 is 15.0 Å². The molecule has 0 unspecified atom stereocenters. The van der Waals surface area contributed by atoms with Crippen LogP contribution in [-0.2, 0) is 14.3 Å². The number of anilines is 1. The molecule has 27 heavy (non-hydrogen) atoms. The Morgan fingerprint density at radius 3 is 2.41 bits per heavy atom. The third kappa shape index (κ3) is 6.87. The normalized spacial score (nSPS) is 18.6. The van der Waals surface area contributed by atoms with Gasteiger partial charge in [0.25, 0.3) is 0 Å². The number of ether oxygens (including phenoxy) is 3. The van der Waals surface area contributed by atoms with Crippen LogP contribution in [0.4, 0.5) is 5.69 Å². The summed E-state index contributed by atoms with van der Waals surface area (Å²) >= 11 is 0. The predicted octanol–water partition coefficient (Wildman–Crippen LogP) is 2.65. The molecular formula is C20H31ClN2O4. The number of hydrogen-bond donors (Lipinski definition) is 1. The number of carbonyl (C=O) groups excluding carboxylic acids is 1. The van der Waals surface area contributed by atoms with Gasteiger partial charge in [0.15, 0.2) is 6.61 Å². The minimum absolute atomic E-state index is 0. The van der Waals surface area contributed by atoms with Crippen molar-refractivity contribution >= 4 is 24.1 Å². The summed E-state index contributed by atoms with van der Waals surface area (Å²) in [5, 5.41) is 3.40. The number of nitrogens with zero attached hydrogens (tertiary/aromatic N) is 1. The summed E-state index contributed by atoms with van der Waals surface area (Å²) < 4.78 is 16.1. The second-order valence-electron chi connectivity index (χ2n) is 7.07. The first-order valence-corrected chi connectivity index (χ1v) is 9.61. The van der Waals surface area contributed by atoms with E-state index in [4.69, 9.17) is 9.47 Å². The van der Waals surface area contributed by atoms with Crippen LogP contribution in [0.15, 0.2) is 24.3 Å². The summed E-state index contributed by atoms with van der Waals surface area (Å²) in [4.78, 5) is 13.5. The fourth-order valence-electron chi connectivity index (χ4n) is 3.56. The molecule has 0 aromatic heterocycles. The zero-order valence-electron chi connectivity index (χ0n) is 16.0. The summed E-state index contributed by atoms with van der Waals surface area (Å²) in [5.41, 5.74) is 1.19. The lowest BCUT2D eigenvalue weighted by Crippen LogP contribution is -2.38. The van der Waals surface area contributed by atoms with Crippen molar-refractivity contribution in [2.75, 3.05) is 51.4 Å². The van der Waals surface area contributed by atoms with Crippen LogP contribution in [-0.4, -0.2) is 58.6 Å². The van der Waals surface area contributed by atoms with Gasteiger partial charge in [0.2, 0.25) is 0 Å². The molecule has 0 saturated carbocycles. The van der Waals surface area contributed by atoms with E-state index in [2.05, 4.69) is 15.0 Å². The molecule has 1 N–H and O–H groups in total. The van der Waals surface area contributed by atoms with Crippen LogP contribution in [0.5, 0.6) is 5.75 Å². The topological polar surface area (TPSA) is 60.0 Å². The summed E-state index contributed by atoms with van der Waals surface area (Å²) in [7, 11) is 1.36. The predicted molar refractivity (Wildman–Crippen MR) is 108 cm³/mol. The quantitative estimate of drug-likeness (QED) is 0.712. The van der Waals surface area contributed by atoms with Gasteiger partial charge >= 0.3 is 5.97 Å². The van der Waals surface area contributed by atoms with Crippen molar-refractivity contribution in [3.05, 3.63) is 24.3 Å². The summed E-state index contributed by atoms with van der Waals surface area (Å²) in [5.74, 6) is 1.03. The van der Waals surface area contributed by atoms with E-state index in [0.717, 1.165) is 51.5 Å². The second kappa shape index (κ2) is 11.4. The molecule has 1 aromatic carbocycles. The first kappa shape index (κ1) is 21.8. The molecule has 3 rings (SSSR count). The van der Waals surface area contributed by atoms with E-state index >= 15 is 0 Å². The highest BCUT2D eigenvalue weighted by Crippen LogP contribution is 2.24. The molecule has 2 aliphatic rings. The molecular weight excluding hydrogens is 368 g/mol. The molecule has 2 fully saturated rings. The molecule has 0 aliphatic carbocycles. The molecule has 2 saturated heterocycles. The van der Waals surface area contributed by atoms with Crippen molar-refractivity contribution in [1.29, 1.82) is 0 Å². The van der Waals surface area contributed by atoms with Crippen LogP contribution in [0.3, 0.4) is 0 Å². The third-order valence-electron chi connectivity index (χ3n) is 5.25. The van der Waals surface area contributed by atoms with Gasteiger partial charge in [-0.2, -0.15) is 0 Å². The van der Waals surface area contributed by atoms with Gasteiger partial charge < -0.3 is 24.4 Å². The Bertz CT molecular complexity index is 556. The lowest BCUT2D eigenvalue weighted by Gasteiger charge is -2.34. The highest BCUT2D eigenvalue weighted by molar-refractivity contribution is 5.85. The number of carbonyl (C=O) groups is 1. The van der Waals surface area contributed by atoms with Crippen LogP contribution >= 0.6 is 12.4 Å². The van der Waals surface area contributed by atoms with Gasteiger partial charge in [0.1, 0.15) is 5.75 Å². The van der Waals surface area contributed by atoms with Crippen LogP contribution in [0.25, 0.3) is 0 Å². The first-order valence-electron chi connectivity index (χ1n) is 9.61. The molecule has 0 spiro atoms. The van der Waals surface area contributed by atoms with Crippen molar-refractivity contribution in [3.8, 4) is 5.75 Å². The largest absolute Gasteiger partial charge is 0.482 e. The Kier molecular flexibility index (Phi) is 9.18. The number of benzene rings is 1. The lowest BCUT2D eigenvalue weighted by atomic mass is 9.99.